The lowest BCUT2D eigenvalue weighted by Gasteiger charge is -2.41. The van der Waals surface area contributed by atoms with E-state index in [0.717, 1.165) is 85.2 Å². The first-order chi connectivity index (χ1) is 18.7. The zero-order valence-corrected chi connectivity index (χ0v) is 21.5. The van der Waals surface area contributed by atoms with Crippen LogP contribution in [0.2, 0.25) is 0 Å². The molecule has 3 saturated heterocycles. The number of piperidine rings is 2. The van der Waals surface area contributed by atoms with Gasteiger partial charge in [0.05, 0.1) is 17.9 Å². The highest BCUT2D eigenvalue weighted by Gasteiger charge is 2.45. The summed E-state index contributed by atoms with van der Waals surface area (Å²) >= 11 is 0. The molecule has 7 rings (SSSR count). The number of anilines is 1. The second-order valence-electron chi connectivity index (χ2n) is 11.0. The smallest absolute Gasteiger partial charge is 0.240 e. The highest BCUT2D eigenvalue weighted by molar-refractivity contribution is 5.83. The van der Waals surface area contributed by atoms with Gasteiger partial charge < -0.3 is 16.0 Å². The molecule has 3 atom stereocenters. The number of hydrogen-bond donors (Lipinski definition) is 2. The fourth-order valence-corrected chi connectivity index (χ4v) is 6.77. The van der Waals surface area contributed by atoms with Crippen molar-refractivity contribution in [1.29, 1.82) is 0 Å². The largest absolute Gasteiger partial charge is 0.384 e. The normalized spacial score (nSPS) is 25.1. The number of nitrogens with zero attached hydrogens (tertiary/aromatic N) is 5. The van der Waals surface area contributed by atoms with Crippen molar-refractivity contribution in [2.24, 2.45) is 0 Å². The maximum absolute atomic E-state index is 13.4. The molecule has 3 fully saturated rings. The van der Waals surface area contributed by atoms with E-state index in [2.05, 4.69) is 33.5 Å². The number of carbonyl (C=O) groups is 1. The Morgan fingerprint density at radius 3 is 2.47 bits per heavy atom. The molecule has 8 nitrogen and oxygen atoms in total. The molecule has 1 aromatic carbocycles. The van der Waals surface area contributed by atoms with Crippen molar-refractivity contribution >= 4 is 17.4 Å². The van der Waals surface area contributed by atoms with Crippen LogP contribution in [0.15, 0.2) is 60.9 Å². The molecule has 0 saturated carbocycles. The van der Waals surface area contributed by atoms with Gasteiger partial charge in [-0.2, -0.15) is 9.61 Å². The molecule has 0 aliphatic carbocycles. The molecule has 0 radical (unpaired) electrons. The van der Waals surface area contributed by atoms with E-state index < -0.39 is 0 Å². The Morgan fingerprint density at radius 2 is 1.76 bits per heavy atom. The highest BCUT2D eigenvalue weighted by atomic mass is 16.2. The third kappa shape index (κ3) is 4.04. The summed E-state index contributed by atoms with van der Waals surface area (Å²) < 4.78 is 1.71. The molecular weight excluding hydrogens is 474 g/mol. The van der Waals surface area contributed by atoms with Crippen LogP contribution in [0, 0.1) is 0 Å². The number of pyridine rings is 1. The Kier molecular flexibility index (Phi) is 5.84. The van der Waals surface area contributed by atoms with Gasteiger partial charge in [-0.05, 0) is 51.1 Å². The van der Waals surface area contributed by atoms with Crippen LogP contribution >= 0.6 is 0 Å². The highest BCUT2D eigenvalue weighted by Crippen LogP contribution is 2.44. The van der Waals surface area contributed by atoms with Gasteiger partial charge in [0.25, 0.3) is 0 Å². The lowest BCUT2D eigenvalue weighted by atomic mass is 9.87. The summed E-state index contributed by atoms with van der Waals surface area (Å²) in [6.45, 7) is 0.948. The van der Waals surface area contributed by atoms with E-state index in [0.29, 0.717) is 11.7 Å². The number of amides is 1. The van der Waals surface area contributed by atoms with E-state index in [1.54, 1.807) is 4.52 Å². The standard InChI is InChI=1S/C30H33N7O/c31-28-16-27(21-14-22-10-11-23(15-21)36(22)30(38)26-8-4-5-13-32-26)35-29-24(18-34-37(28)29)20-9-12-25(33-17-20)19-6-2-1-3-7-19/h1-3,6-7,9,12,16-18,21-23,26,32H,4-5,8,10-11,13-15,31H2/t21?,22?,23?,26-/m1/s1. The van der Waals surface area contributed by atoms with E-state index in [1.165, 1.54) is 0 Å². The van der Waals surface area contributed by atoms with Crippen LogP contribution in [0.25, 0.3) is 28.0 Å². The lowest BCUT2D eigenvalue weighted by Crippen LogP contribution is -2.54. The molecular formula is C30H33N7O. The van der Waals surface area contributed by atoms with Crippen LogP contribution in [0.4, 0.5) is 5.82 Å². The van der Waals surface area contributed by atoms with Gasteiger partial charge in [-0.25, -0.2) is 4.98 Å². The van der Waals surface area contributed by atoms with Crippen molar-refractivity contribution in [3.05, 3.63) is 66.6 Å². The Balaban J connectivity index is 1.16. The molecule has 1 amide bonds. The number of fused-ring (bicyclic) bond motifs is 3. The van der Waals surface area contributed by atoms with Crippen molar-refractivity contribution in [1.82, 2.24) is 29.8 Å². The summed E-state index contributed by atoms with van der Waals surface area (Å²) in [5.74, 6) is 1.18. The summed E-state index contributed by atoms with van der Waals surface area (Å²) in [6, 6.07) is 16.8. The van der Waals surface area contributed by atoms with Crippen LogP contribution in [0.3, 0.4) is 0 Å². The quantitative estimate of drug-likeness (QED) is 0.424. The predicted octanol–water partition coefficient (Wildman–Crippen LogP) is 4.42. The fourth-order valence-electron chi connectivity index (χ4n) is 6.77. The number of aromatic nitrogens is 4. The van der Waals surface area contributed by atoms with Gasteiger partial charge in [0, 0.05) is 52.6 Å². The zero-order valence-electron chi connectivity index (χ0n) is 21.5. The molecule has 4 aromatic rings. The third-order valence-electron chi connectivity index (χ3n) is 8.68. The first kappa shape index (κ1) is 23.3. The van der Waals surface area contributed by atoms with E-state index in [1.807, 2.05) is 42.7 Å². The lowest BCUT2D eigenvalue weighted by molar-refractivity contribution is -0.138. The molecule has 8 heteroatoms. The van der Waals surface area contributed by atoms with Gasteiger partial charge in [0.2, 0.25) is 5.91 Å². The van der Waals surface area contributed by atoms with E-state index in [9.17, 15) is 4.79 Å². The van der Waals surface area contributed by atoms with Crippen LogP contribution in [0.5, 0.6) is 0 Å². The maximum Gasteiger partial charge on any atom is 0.240 e. The number of nitrogens with one attached hydrogen (secondary N) is 1. The van der Waals surface area contributed by atoms with E-state index in [4.69, 9.17) is 15.7 Å². The maximum atomic E-state index is 13.4. The van der Waals surface area contributed by atoms with E-state index in [-0.39, 0.29) is 24.0 Å². The average molecular weight is 508 g/mol. The molecule has 3 aromatic heterocycles. The van der Waals surface area contributed by atoms with Crippen LogP contribution in [-0.4, -0.2) is 55.1 Å². The second-order valence-corrected chi connectivity index (χ2v) is 11.0. The predicted molar refractivity (Wildman–Crippen MR) is 147 cm³/mol. The first-order valence-corrected chi connectivity index (χ1v) is 13.9. The third-order valence-corrected chi connectivity index (χ3v) is 8.68. The summed E-state index contributed by atoms with van der Waals surface area (Å²) in [6.07, 6.45) is 11.0. The Hall–Kier alpha value is -3.78. The number of hydrogen-bond acceptors (Lipinski definition) is 6. The molecule has 3 N–H and O–H groups in total. The fraction of sp³-hybridized carbons (Fsp3) is 0.400. The van der Waals surface area contributed by atoms with Gasteiger partial charge in [0.15, 0.2) is 5.65 Å². The molecule has 3 aliphatic heterocycles. The van der Waals surface area contributed by atoms with Gasteiger partial charge >= 0.3 is 0 Å². The number of rotatable bonds is 4. The zero-order chi connectivity index (χ0) is 25.6. The number of benzene rings is 1. The number of nitrogen functional groups attached to an aromatic ring is 1. The Morgan fingerprint density at radius 1 is 0.947 bits per heavy atom. The van der Waals surface area contributed by atoms with Crippen molar-refractivity contribution in [2.75, 3.05) is 12.3 Å². The van der Waals surface area contributed by atoms with Crippen molar-refractivity contribution in [3.63, 3.8) is 0 Å². The Labute approximate surface area is 222 Å². The molecule has 2 bridgehead atoms. The monoisotopic (exact) mass is 507 g/mol. The average Bonchev–Trinajstić information content (AvgIpc) is 3.52. The minimum Gasteiger partial charge on any atom is -0.384 e. The first-order valence-electron chi connectivity index (χ1n) is 13.9. The van der Waals surface area contributed by atoms with Crippen molar-refractivity contribution < 1.29 is 4.79 Å². The van der Waals surface area contributed by atoms with Gasteiger partial charge in [-0.1, -0.05) is 42.8 Å². The molecule has 6 heterocycles. The van der Waals surface area contributed by atoms with Crippen LogP contribution in [0.1, 0.15) is 56.6 Å². The summed E-state index contributed by atoms with van der Waals surface area (Å²) in [5.41, 5.74) is 12.1. The molecule has 0 spiro atoms. The van der Waals surface area contributed by atoms with Gasteiger partial charge in [-0.3, -0.25) is 9.78 Å². The summed E-state index contributed by atoms with van der Waals surface area (Å²) in [5, 5.41) is 7.98. The number of carbonyl (C=O) groups excluding carboxylic acids is 1. The molecule has 38 heavy (non-hydrogen) atoms. The minimum absolute atomic E-state index is 0.00948. The summed E-state index contributed by atoms with van der Waals surface area (Å²) in [4.78, 5) is 25.4. The van der Waals surface area contributed by atoms with Crippen molar-refractivity contribution in [2.45, 2.75) is 69.0 Å². The van der Waals surface area contributed by atoms with Crippen molar-refractivity contribution in [3.8, 4) is 22.4 Å². The topological polar surface area (TPSA) is 101 Å². The SMILES string of the molecule is Nc1cc(C2CC3CCC(C2)N3C(=O)[C@H]2CCCCN2)nc2c(-c3ccc(-c4ccccc4)nc3)cnn12. The molecule has 3 aliphatic rings. The molecule has 194 valence electrons. The van der Waals surface area contributed by atoms with Gasteiger partial charge in [-0.15, -0.1) is 0 Å². The minimum atomic E-state index is -0.00948. The van der Waals surface area contributed by atoms with Crippen LogP contribution < -0.4 is 11.1 Å². The Bertz CT molecular complexity index is 1450. The second kappa shape index (κ2) is 9.51. The number of nitrogens with two attached hydrogens (primary N) is 1. The summed E-state index contributed by atoms with van der Waals surface area (Å²) in [7, 11) is 0. The van der Waals surface area contributed by atoms with E-state index >= 15 is 0 Å². The van der Waals surface area contributed by atoms with Gasteiger partial charge in [0.1, 0.15) is 5.82 Å². The van der Waals surface area contributed by atoms with Crippen LogP contribution in [-0.2, 0) is 4.79 Å². The molecule has 2 unspecified atom stereocenters.